The highest BCUT2D eigenvalue weighted by Crippen LogP contribution is 2.31. The number of nitrogens with two attached hydrogens (primary N) is 1. The maximum absolute atomic E-state index is 13.1. The Kier molecular flexibility index (Phi) is 4.56. The number of hydrogen-bond acceptors (Lipinski definition) is 4. The number of halogens is 2. The first-order chi connectivity index (χ1) is 10.2. The number of rotatable bonds is 3. The molecule has 6 heteroatoms. The quantitative estimate of drug-likeness (QED) is 0.915. The van der Waals surface area contributed by atoms with Gasteiger partial charge >= 0.3 is 6.01 Å². The van der Waals surface area contributed by atoms with E-state index >= 15 is 0 Å². The summed E-state index contributed by atoms with van der Waals surface area (Å²) in [6.45, 7) is 8.18. The summed E-state index contributed by atoms with van der Waals surface area (Å²) >= 11 is 6.35. The minimum absolute atomic E-state index is 0.0147. The van der Waals surface area contributed by atoms with Crippen molar-refractivity contribution in [2.75, 3.05) is 5.73 Å². The minimum atomic E-state index is -0.674. The van der Waals surface area contributed by atoms with Gasteiger partial charge in [0.1, 0.15) is 6.10 Å². The van der Waals surface area contributed by atoms with Gasteiger partial charge in [0.2, 0.25) is 0 Å². The molecular formula is C16H19ClFN3O. The third-order valence-electron chi connectivity index (χ3n) is 3.34. The molecule has 0 bridgehead atoms. The summed E-state index contributed by atoms with van der Waals surface area (Å²) in [5.74, 6) is -0.918. The predicted octanol–water partition coefficient (Wildman–Crippen LogP) is 4.29. The van der Waals surface area contributed by atoms with Crippen LogP contribution in [-0.2, 0) is 5.41 Å². The number of nitrogens with zero attached hydrogens (tertiary/aromatic N) is 2. The summed E-state index contributed by atoms with van der Waals surface area (Å²) in [5, 5.41) is 0.606. The molecule has 1 aromatic heterocycles. The highest BCUT2D eigenvalue weighted by Gasteiger charge is 2.18. The van der Waals surface area contributed by atoms with Crippen LogP contribution in [0.25, 0.3) is 0 Å². The van der Waals surface area contributed by atoms with Gasteiger partial charge in [0.05, 0.1) is 6.20 Å². The molecule has 0 spiro atoms. The van der Waals surface area contributed by atoms with Gasteiger partial charge < -0.3 is 10.5 Å². The lowest BCUT2D eigenvalue weighted by atomic mass is 9.86. The number of aromatic nitrogens is 2. The first kappa shape index (κ1) is 16.5. The molecule has 1 aromatic carbocycles. The van der Waals surface area contributed by atoms with Crippen LogP contribution in [0.5, 0.6) is 6.01 Å². The molecule has 0 saturated carbocycles. The Morgan fingerprint density at radius 1 is 1.32 bits per heavy atom. The number of benzene rings is 1. The molecule has 2 rings (SSSR count). The molecule has 1 atom stereocenters. The zero-order valence-corrected chi connectivity index (χ0v) is 13.8. The second-order valence-corrected chi connectivity index (χ2v) is 6.54. The van der Waals surface area contributed by atoms with Crippen molar-refractivity contribution in [3.8, 4) is 6.01 Å². The molecule has 1 heterocycles. The maximum atomic E-state index is 13.1. The average Bonchev–Trinajstić information content (AvgIpc) is 2.41. The fourth-order valence-electron chi connectivity index (χ4n) is 1.97. The fraction of sp³-hybridized carbons (Fsp3) is 0.375. The van der Waals surface area contributed by atoms with Crippen LogP contribution in [0.2, 0.25) is 5.02 Å². The van der Waals surface area contributed by atoms with Crippen LogP contribution in [0.4, 0.5) is 10.2 Å². The number of nitrogen functional groups attached to an aromatic ring is 1. The molecule has 0 fully saturated rings. The predicted molar refractivity (Wildman–Crippen MR) is 85.6 cm³/mol. The van der Waals surface area contributed by atoms with Crippen molar-refractivity contribution in [2.45, 2.75) is 39.2 Å². The molecule has 0 saturated heterocycles. The first-order valence-electron chi connectivity index (χ1n) is 6.93. The molecule has 0 radical (unpaired) electrons. The van der Waals surface area contributed by atoms with Gasteiger partial charge in [-0.2, -0.15) is 4.98 Å². The smallest absolute Gasteiger partial charge is 0.319 e. The topological polar surface area (TPSA) is 61.0 Å². The van der Waals surface area contributed by atoms with E-state index in [9.17, 15) is 4.39 Å². The minimum Gasteiger partial charge on any atom is -0.455 e. The Balaban J connectivity index is 2.22. The Labute approximate surface area is 134 Å². The van der Waals surface area contributed by atoms with E-state index in [-0.39, 0.29) is 23.3 Å². The molecule has 22 heavy (non-hydrogen) atoms. The Morgan fingerprint density at radius 2 is 2.00 bits per heavy atom. The lowest BCUT2D eigenvalue weighted by Crippen LogP contribution is -2.12. The van der Waals surface area contributed by atoms with Crippen molar-refractivity contribution in [3.63, 3.8) is 0 Å². The third-order valence-corrected chi connectivity index (χ3v) is 3.66. The Morgan fingerprint density at radius 3 is 2.55 bits per heavy atom. The second kappa shape index (κ2) is 6.08. The van der Waals surface area contributed by atoms with Gasteiger partial charge in [-0.25, -0.2) is 9.37 Å². The second-order valence-electron chi connectivity index (χ2n) is 6.13. The van der Waals surface area contributed by atoms with E-state index in [4.69, 9.17) is 22.1 Å². The largest absolute Gasteiger partial charge is 0.455 e. The van der Waals surface area contributed by atoms with E-state index in [1.807, 2.05) is 25.1 Å². The van der Waals surface area contributed by atoms with Crippen LogP contribution in [0.15, 0.2) is 24.4 Å². The van der Waals surface area contributed by atoms with Crippen LogP contribution in [0.1, 0.15) is 44.9 Å². The van der Waals surface area contributed by atoms with Crippen LogP contribution < -0.4 is 10.5 Å². The standard InChI is InChI=1S/C16H19ClFN3O/c1-9(22-15-20-8-13(18)14(19)21-15)11-6-5-10(7-12(11)17)16(2,3)4/h5-9H,1-4H3,(H2,19,20,21). The van der Waals surface area contributed by atoms with E-state index in [1.54, 1.807) is 0 Å². The number of anilines is 1. The average molecular weight is 324 g/mol. The van der Waals surface area contributed by atoms with E-state index in [0.717, 1.165) is 17.3 Å². The molecule has 1 unspecified atom stereocenters. The fourth-order valence-corrected chi connectivity index (χ4v) is 2.30. The molecule has 0 aliphatic heterocycles. The van der Waals surface area contributed by atoms with E-state index < -0.39 is 5.82 Å². The molecule has 118 valence electrons. The van der Waals surface area contributed by atoms with Crippen molar-refractivity contribution in [1.29, 1.82) is 0 Å². The molecule has 0 aliphatic carbocycles. The summed E-state index contributed by atoms with van der Waals surface area (Å²) in [6.07, 6.45) is 0.598. The van der Waals surface area contributed by atoms with E-state index in [1.165, 1.54) is 0 Å². The molecule has 2 aromatic rings. The van der Waals surface area contributed by atoms with Crippen LogP contribution in [0, 0.1) is 5.82 Å². The van der Waals surface area contributed by atoms with Crippen LogP contribution in [0.3, 0.4) is 0 Å². The van der Waals surface area contributed by atoms with Crippen molar-refractivity contribution in [1.82, 2.24) is 9.97 Å². The summed E-state index contributed by atoms with van der Waals surface area (Å²) in [5.41, 5.74) is 7.36. The van der Waals surface area contributed by atoms with Gasteiger partial charge in [-0.15, -0.1) is 0 Å². The van der Waals surface area contributed by atoms with Crippen molar-refractivity contribution < 1.29 is 9.13 Å². The molecule has 4 nitrogen and oxygen atoms in total. The van der Waals surface area contributed by atoms with Crippen LogP contribution >= 0.6 is 11.6 Å². The Hall–Kier alpha value is -1.88. The lowest BCUT2D eigenvalue weighted by molar-refractivity contribution is 0.207. The molecule has 0 amide bonds. The van der Waals surface area contributed by atoms with Gasteiger partial charge in [0.15, 0.2) is 11.6 Å². The van der Waals surface area contributed by atoms with Gasteiger partial charge in [0.25, 0.3) is 0 Å². The third kappa shape index (κ3) is 3.65. The zero-order chi connectivity index (χ0) is 16.5. The monoisotopic (exact) mass is 323 g/mol. The van der Waals surface area contributed by atoms with Crippen LogP contribution in [-0.4, -0.2) is 9.97 Å². The zero-order valence-electron chi connectivity index (χ0n) is 13.0. The normalized spacial score (nSPS) is 13.0. The van der Waals surface area contributed by atoms with E-state index in [2.05, 4.69) is 30.7 Å². The summed E-state index contributed by atoms with van der Waals surface area (Å²) in [7, 11) is 0. The summed E-state index contributed by atoms with van der Waals surface area (Å²) in [6, 6.07) is 5.88. The molecular weight excluding hydrogens is 305 g/mol. The highest BCUT2D eigenvalue weighted by molar-refractivity contribution is 6.31. The van der Waals surface area contributed by atoms with Crippen molar-refractivity contribution >= 4 is 17.4 Å². The van der Waals surface area contributed by atoms with Crippen molar-refractivity contribution in [2.24, 2.45) is 0 Å². The summed E-state index contributed by atoms with van der Waals surface area (Å²) in [4.78, 5) is 7.51. The first-order valence-corrected chi connectivity index (χ1v) is 7.31. The van der Waals surface area contributed by atoms with Crippen molar-refractivity contribution in [3.05, 3.63) is 46.4 Å². The Bertz CT molecular complexity index is 686. The van der Waals surface area contributed by atoms with Gasteiger partial charge in [-0.05, 0) is 24.0 Å². The van der Waals surface area contributed by atoms with Gasteiger partial charge in [-0.3, -0.25) is 0 Å². The van der Waals surface area contributed by atoms with Gasteiger partial charge in [-0.1, -0.05) is 44.5 Å². The maximum Gasteiger partial charge on any atom is 0.319 e. The molecule has 0 aliphatic rings. The van der Waals surface area contributed by atoms with E-state index in [0.29, 0.717) is 5.02 Å². The highest BCUT2D eigenvalue weighted by atomic mass is 35.5. The number of hydrogen-bond donors (Lipinski definition) is 1. The SMILES string of the molecule is CC(Oc1ncc(F)c(N)n1)c1ccc(C(C)(C)C)cc1Cl. The lowest BCUT2D eigenvalue weighted by Gasteiger charge is -2.21. The number of ether oxygens (including phenoxy) is 1. The molecule has 2 N–H and O–H groups in total. The van der Waals surface area contributed by atoms with Gasteiger partial charge in [0, 0.05) is 10.6 Å². The summed E-state index contributed by atoms with van der Waals surface area (Å²) < 4.78 is 18.6.